The van der Waals surface area contributed by atoms with Crippen molar-refractivity contribution >= 4 is 0 Å². The summed E-state index contributed by atoms with van der Waals surface area (Å²) in [4.78, 5) is 0. The molecule has 0 radical (unpaired) electrons. The van der Waals surface area contributed by atoms with Crippen molar-refractivity contribution in [1.29, 1.82) is 0 Å². The summed E-state index contributed by atoms with van der Waals surface area (Å²) in [6, 6.07) is 0. The Morgan fingerprint density at radius 3 is 2.09 bits per heavy atom. The third-order valence-corrected chi connectivity index (χ3v) is 3.86. The van der Waals surface area contributed by atoms with Gasteiger partial charge in [0.1, 0.15) is 0 Å². The Morgan fingerprint density at radius 1 is 1.18 bits per heavy atom. The predicted octanol–water partition coefficient (Wildman–Crippen LogP) is 3.78. The van der Waals surface area contributed by atoms with E-state index < -0.39 is 0 Å². The van der Waals surface area contributed by atoms with Gasteiger partial charge in [0.25, 0.3) is 0 Å². The largest absolute Gasteiger partial charge is 0.0993 e. The van der Waals surface area contributed by atoms with Crippen LogP contribution in [0.4, 0.5) is 0 Å². The van der Waals surface area contributed by atoms with Gasteiger partial charge >= 0.3 is 0 Å². The summed E-state index contributed by atoms with van der Waals surface area (Å²) in [5, 5.41) is 0. The standard InChI is InChI=1S/C11H20/c1-9-7-6-8-10(2,3)11(9,4)5/h1,6-8H2,2-5H3. The average molecular weight is 152 g/mol. The summed E-state index contributed by atoms with van der Waals surface area (Å²) in [6.45, 7) is 13.5. The number of allylic oxidation sites excluding steroid dienone is 1. The van der Waals surface area contributed by atoms with Gasteiger partial charge in [0.15, 0.2) is 0 Å². The maximum Gasteiger partial charge on any atom is -0.00962 e. The lowest BCUT2D eigenvalue weighted by molar-refractivity contribution is 0.107. The average Bonchev–Trinajstić information content (AvgIpc) is 1.84. The number of hydrogen-bond donors (Lipinski definition) is 0. The lowest BCUT2D eigenvalue weighted by Gasteiger charge is -2.47. The van der Waals surface area contributed by atoms with E-state index >= 15 is 0 Å². The molecule has 0 N–H and O–H groups in total. The van der Waals surface area contributed by atoms with Crippen LogP contribution in [0, 0.1) is 10.8 Å². The van der Waals surface area contributed by atoms with Crippen molar-refractivity contribution in [3.05, 3.63) is 12.2 Å². The third kappa shape index (κ3) is 1.23. The third-order valence-electron chi connectivity index (χ3n) is 3.86. The minimum atomic E-state index is 0.339. The lowest BCUT2D eigenvalue weighted by atomic mass is 9.58. The van der Waals surface area contributed by atoms with Gasteiger partial charge in [-0.05, 0) is 30.1 Å². The topological polar surface area (TPSA) is 0 Å². The van der Waals surface area contributed by atoms with Crippen molar-refractivity contribution in [1.82, 2.24) is 0 Å². The van der Waals surface area contributed by atoms with E-state index in [1.54, 1.807) is 0 Å². The second kappa shape index (κ2) is 2.36. The molecule has 0 bridgehead atoms. The molecule has 0 saturated heterocycles. The van der Waals surface area contributed by atoms with Gasteiger partial charge in [-0.2, -0.15) is 0 Å². The first-order valence-corrected chi connectivity index (χ1v) is 4.56. The van der Waals surface area contributed by atoms with Crippen LogP contribution in [-0.2, 0) is 0 Å². The first-order valence-electron chi connectivity index (χ1n) is 4.56. The zero-order valence-corrected chi connectivity index (χ0v) is 8.33. The van der Waals surface area contributed by atoms with Crippen molar-refractivity contribution in [3.63, 3.8) is 0 Å². The Hall–Kier alpha value is -0.260. The molecule has 64 valence electrons. The van der Waals surface area contributed by atoms with E-state index in [0.717, 1.165) is 0 Å². The molecule has 1 aliphatic rings. The van der Waals surface area contributed by atoms with Crippen LogP contribution >= 0.6 is 0 Å². The van der Waals surface area contributed by atoms with Crippen LogP contribution in [0.3, 0.4) is 0 Å². The molecule has 0 spiro atoms. The zero-order chi connectivity index (χ0) is 8.70. The monoisotopic (exact) mass is 152 g/mol. The molecule has 11 heavy (non-hydrogen) atoms. The second-order valence-electron chi connectivity index (χ2n) is 4.97. The predicted molar refractivity (Wildman–Crippen MR) is 50.6 cm³/mol. The van der Waals surface area contributed by atoms with Crippen molar-refractivity contribution < 1.29 is 0 Å². The van der Waals surface area contributed by atoms with Crippen LogP contribution in [-0.4, -0.2) is 0 Å². The van der Waals surface area contributed by atoms with Crippen LogP contribution < -0.4 is 0 Å². The minimum absolute atomic E-state index is 0.339. The van der Waals surface area contributed by atoms with E-state index in [2.05, 4.69) is 34.3 Å². The molecule has 0 aromatic rings. The van der Waals surface area contributed by atoms with Gasteiger partial charge in [0.2, 0.25) is 0 Å². The Bertz CT molecular complexity index is 172. The highest BCUT2D eigenvalue weighted by molar-refractivity contribution is 5.15. The van der Waals surface area contributed by atoms with Gasteiger partial charge in [0, 0.05) is 0 Å². The summed E-state index contributed by atoms with van der Waals surface area (Å²) in [7, 11) is 0. The fourth-order valence-corrected chi connectivity index (χ4v) is 1.85. The van der Waals surface area contributed by atoms with Crippen molar-refractivity contribution in [3.8, 4) is 0 Å². The van der Waals surface area contributed by atoms with Crippen LogP contribution in [0.25, 0.3) is 0 Å². The van der Waals surface area contributed by atoms with Gasteiger partial charge in [-0.3, -0.25) is 0 Å². The van der Waals surface area contributed by atoms with Crippen molar-refractivity contribution in [2.45, 2.75) is 47.0 Å². The van der Waals surface area contributed by atoms with Gasteiger partial charge in [-0.25, -0.2) is 0 Å². The normalized spacial score (nSPS) is 28.5. The van der Waals surface area contributed by atoms with E-state index in [1.807, 2.05) is 0 Å². The van der Waals surface area contributed by atoms with E-state index in [1.165, 1.54) is 24.8 Å². The molecule has 1 rings (SSSR count). The summed E-state index contributed by atoms with van der Waals surface area (Å²) in [5.41, 5.74) is 2.22. The number of rotatable bonds is 0. The molecule has 0 aliphatic heterocycles. The molecule has 0 heteroatoms. The van der Waals surface area contributed by atoms with Crippen molar-refractivity contribution in [2.24, 2.45) is 10.8 Å². The summed E-state index contributed by atoms with van der Waals surface area (Å²) in [6.07, 6.45) is 3.91. The maximum absolute atomic E-state index is 4.16. The first-order chi connectivity index (χ1) is 4.88. The molecule has 0 nitrogen and oxygen atoms in total. The molecule has 0 amide bonds. The van der Waals surface area contributed by atoms with Gasteiger partial charge < -0.3 is 0 Å². The van der Waals surface area contributed by atoms with Gasteiger partial charge in [-0.1, -0.05) is 39.8 Å². The highest BCUT2D eigenvalue weighted by Crippen LogP contribution is 2.51. The van der Waals surface area contributed by atoms with E-state index in [-0.39, 0.29) is 0 Å². The molecule has 0 heterocycles. The molecule has 0 aromatic carbocycles. The summed E-state index contributed by atoms with van der Waals surface area (Å²) >= 11 is 0. The summed E-state index contributed by atoms with van der Waals surface area (Å²) in [5.74, 6) is 0. The highest BCUT2D eigenvalue weighted by Gasteiger charge is 2.40. The smallest absolute Gasteiger partial charge is 0.00962 e. The van der Waals surface area contributed by atoms with Crippen LogP contribution in [0.2, 0.25) is 0 Å². The van der Waals surface area contributed by atoms with Crippen LogP contribution in [0.1, 0.15) is 47.0 Å². The second-order valence-corrected chi connectivity index (χ2v) is 4.97. The van der Waals surface area contributed by atoms with E-state index in [0.29, 0.717) is 10.8 Å². The van der Waals surface area contributed by atoms with Crippen LogP contribution in [0.15, 0.2) is 12.2 Å². The quantitative estimate of drug-likeness (QED) is 0.463. The zero-order valence-electron chi connectivity index (χ0n) is 8.33. The molecule has 1 fully saturated rings. The van der Waals surface area contributed by atoms with E-state index in [9.17, 15) is 0 Å². The molecular formula is C11H20. The van der Waals surface area contributed by atoms with Crippen LogP contribution in [0.5, 0.6) is 0 Å². The Morgan fingerprint density at radius 2 is 1.73 bits per heavy atom. The number of hydrogen-bond acceptors (Lipinski definition) is 0. The van der Waals surface area contributed by atoms with Crippen molar-refractivity contribution in [2.75, 3.05) is 0 Å². The summed E-state index contributed by atoms with van der Waals surface area (Å²) < 4.78 is 0. The fraction of sp³-hybridized carbons (Fsp3) is 0.818. The SMILES string of the molecule is C=C1CCCC(C)(C)C1(C)C. The Kier molecular flexibility index (Phi) is 1.90. The molecule has 1 aliphatic carbocycles. The lowest BCUT2D eigenvalue weighted by Crippen LogP contribution is -2.37. The maximum atomic E-state index is 4.16. The van der Waals surface area contributed by atoms with Gasteiger partial charge in [0.05, 0.1) is 0 Å². The fourth-order valence-electron chi connectivity index (χ4n) is 1.85. The Balaban J connectivity index is 2.91. The van der Waals surface area contributed by atoms with Gasteiger partial charge in [-0.15, -0.1) is 0 Å². The molecule has 0 aromatic heterocycles. The molecule has 0 unspecified atom stereocenters. The van der Waals surface area contributed by atoms with E-state index in [4.69, 9.17) is 0 Å². The molecular weight excluding hydrogens is 132 g/mol. The highest BCUT2D eigenvalue weighted by atomic mass is 14.5. The molecule has 0 atom stereocenters. The minimum Gasteiger partial charge on any atom is -0.0993 e. The first kappa shape index (κ1) is 8.83. The Labute approximate surface area is 70.7 Å². The molecule has 1 saturated carbocycles.